The van der Waals surface area contributed by atoms with Crippen molar-refractivity contribution < 1.29 is 29.3 Å². The van der Waals surface area contributed by atoms with Crippen LogP contribution < -0.4 is 0 Å². The van der Waals surface area contributed by atoms with Gasteiger partial charge in [0.1, 0.15) is 6.10 Å². The molecule has 0 amide bonds. The standard InChI is InChI=1S/C26H48O6/c1-5-7-9-11-12-14-17-21(16-13-10-8-6-2)25(31)32-20-26(3,4)24(30)22(27)18-15-19-23(28)29/h21,24,30H,5-20H2,1-4H3,(H,28,29). The first kappa shape index (κ1) is 30.6. The van der Waals surface area contributed by atoms with E-state index in [0.717, 1.165) is 44.9 Å². The molecule has 2 unspecified atom stereocenters. The van der Waals surface area contributed by atoms with E-state index in [2.05, 4.69) is 13.8 Å². The van der Waals surface area contributed by atoms with E-state index >= 15 is 0 Å². The predicted octanol–water partition coefficient (Wildman–Crippen LogP) is 6.08. The van der Waals surface area contributed by atoms with Crippen molar-refractivity contribution in [2.24, 2.45) is 11.3 Å². The fourth-order valence-electron chi connectivity index (χ4n) is 3.81. The van der Waals surface area contributed by atoms with E-state index in [4.69, 9.17) is 9.84 Å². The Balaban J connectivity index is 4.64. The number of hydrogen-bond donors (Lipinski definition) is 2. The van der Waals surface area contributed by atoms with Crippen LogP contribution >= 0.6 is 0 Å². The Morgan fingerprint density at radius 3 is 1.81 bits per heavy atom. The van der Waals surface area contributed by atoms with Crippen LogP contribution in [0.4, 0.5) is 0 Å². The summed E-state index contributed by atoms with van der Waals surface area (Å²) in [7, 11) is 0. The highest BCUT2D eigenvalue weighted by Crippen LogP contribution is 2.26. The summed E-state index contributed by atoms with van der Waals surface area (Å²) in [5, 5.41) is 19.1. The second-order valence-corrected chi connectivity index (χ2v) is 9.82. The van der Waals surface area contributed by atoms with Gasteiger partial charge in [-0.1, -0.05) is 91.9 Å². The maximum atomic E-state index is 12.8. The average molecular weight is 457 g/mol. The van der Waals surface area contributed by atoms with Crippen molar-refractivity contribution in [3.8, 4) is 0 Å². The van der Waals surface area contributed by atoms with E-state index in [1.165, 1.54) is 32.1 Å². The predicted molar refractivity (Wildman–Crippen MR) is 127 cm³/mol. The number of carboxylic acids is 1. The zero-order valence-corrected chi connectivity index (χ0v) is 21.0. The number of aliphatic hydroxyl groups is 1. The van der Waals surface area contributed by atoms with Gasteiger partial charge in [0.05, 0.1) is 12.5 Å². The Morgan fingerprint density at radius 2 is 1.28 bits per heavy atom. The van der Waals surface area contributed by atoms with Crippen molar-refractivity contribution in [1.82, 2.24) is 0 Å². The van der Waals surface area contributed by atoms with Crippen LogP contribution in [0.2, 0.25) is 0 Å². The van der Waals surface area contributed by atoms with Gasteiger partial charge in [-0.25, -0.2) is 0 Å². The lowest BCUT2D eigenvalue weighted by Crippen LogP contribution is -2.41. The van der Waals surface area contributed by atoms with Crippen LogP contribution in [0, 0.1) is 11.3 Å². The number of ether oxygens (including phenoxy) is 1. The van der Waals surface area contributed by atoms with Crippen LogP contribution in [0.1, 0.15) is 124 Å². The summed E-state index contributed by atoms with van der Waals surface area (Å²) in [5.41, 5.74) is -0.914. The maximum Gasteiger partial charge on any atom is 0.308 e. The Hall–Kier alpha value is -1.43. The lowest BCUT2D eigenvalue weighted by molar-refractivity contribution is -0.157. The van der Waals surface area contributed by atoms with Gasteiger partial charge >= 0.3 is 11.9 Å². The van der Waals surface area contributed by atoms with E-state index in [1.807, 2.05) is 0 Å². The maximum absolute atomic E-state index is 12.8. The molecule has 0 aliphatic carbocycles. The highest BCUT2D eigenvalue weighted by Gasteiger charge is 2.35. The highest BCUT2D eigenvalue weighted by molar-refractivity contribution is 5.84. The largest absolute Gasteiger partial charge is 0.481 e. The Morgan fingerprint density at radius 1 is 0.781 bits per heavy atom. The summed E-state index contributed by atoms with van der Waals surface area (Å²) in [6, 6.07) is 0. The minimum absolute atomic E-state index is 0.00290. The van der Waals surface area contributed by atoms with Gasteiger partial charge in [0.15, 0.2) is 5.78 Å². The summed E-state index contributed by atoms with van der Waals surface area (Å²) < 4.78 is 5.59. The van der Waals surface area contributed by atoms with Crippen molar-refractivity contribution in [3.63, 3.8) is 0 Å². The quantitative estimate of drug-likeness (QED) is 0.160. The third-order valence-corrected chi connectivity index (χ3v) is 6.09. The molecule has 0 bridgehead atoms. The summed E-state index contributed by atoms with van der Waals surface area (Å²) in [5.74, 6) is -1.72. The van der Waals surface area contributed by atoms with Gasteiger partial charge in [0.25, 0.3) is 0 Å². The molecule has 0 aromatic heterocycles. The molecule has 0 saturated heterocycles. The molecule has 0 fully saturated rings. The first-order valence-corrected chi connectivity index (χ1v) is 12.7. The lowest BCUT2D eigenvalue weighted by atomic mass is 9.83. The van der Waals surface area contributed by atoms with Gasteiger partial charge in [0, 0.05) is 18.3 Å². The molecule has 0 aliphatic heterocycles. The molecule has 0 radical (unpaired) electrons. The topological polar surface area (TPSA) is 101 Å². The number of carbonyl (C=O) groups is 3. The third kappa shape index (κ3) is 14.6. The Labute approximate surface area is 195 Å². The average Bonchev–Trinajstić information content (AvgIpc) is 2.75. The summed E-state index contributed by atoms with van der Waals surface area (Å²) in [6.07, 6.45) is 12.0. The van der Waals surface area contributed by atoms with E-state index < -0.39 is 23.3 Å². The minimum Gasteiger partial charge on any atom is -0.481 e. The molecule has 0 rings (SSSR count). The number of hydrogen-bond acceptors (Lipinski definition) is 5. The number of rotatable bonds is 21. The SMILES string of the molecule is CCCCCCCCC(CCCCCC)C(=O)OCC(C)(C)C(O)C(=O)CCCC(=O)O. The molecule has 0 saturated carbocycles. The van der Waals surface area contributed by atoms with E-state index in [0.29, 0.717) is 0 Å². The molecule has 0 aromatic carbocycles. The fraction of sp³-hybridized carbons (Fsp3) is 0.885. The molecule has 6 nitrogen and oxygen atoms in total. The van der Waals surface area contributed by atoms with Gasteiger partial charge in [-0.2, -0.15) is 0 Å². The molecule has 32 heavy (non-hydrogen) atoms. The molecule has 0 aromatic rings. The zero-order chi connectivity index (χ0) is 24.4. The minimum atomic E-state index is -1.29. The van der Waals surface area contributed by atoms with Gasteiger partial charge in [-0.15, -0.1) is 0 Å². The number of aliphatic carboxylic acids is 1. The van der Waals surface area contributed by atoms with Gasteiger partial charge in [-0.05, 0) is 19.3 Å². The van der Waals surface area contributed by atoms with Crippen molar-refractivity contribution in [1.29, 1.82) is 0 Å². The molecule has 6 heteroatoms. The smallest absolute Gasteiger partial charge is 0.308 e. The van der Waals surface area contributed by atoms with E-state index in [-0.39, 0.29) is 37.8 Å². The van der Waals surface area contributed by atoms with Gasteiger partial charge in [0.2, 0.25) is 0 Å². The normalized spacial score (nSPS) is 13.5. The first-order chi connectivity index (χ1) is 15.2. The summed E-state index contributed by atoms with van der Waals surface area (Å²) >= 11 is 0. The second-order valence-electron chi connectivity index (χ2n) is 9.82. The molecule has 0 heterocycles. The van der Waals surface area contributed by atoms with Crippen LogP contribution in [-0.2, 0) is 19.1 Å². The molecule has 0 aliphatic rings. The van der Waals surface area contributed by atoms with Crippen LogP contribution in [-0.4, -0.2) is 40.6 Å². The zero-order valence-electron chi connectivity index (χ0n) is 21.0. The number of carbonyl (C=O) groups excluding carboxylic acids is 2. The van der Waals surface area contributed by atoms with Crippen LogP contribution in [0.3, 0.4) is 0 Å². The molecule has 2 N–H and O–H groups in total. The monoisotopic (exact) mass is 456 g/mol. The molecular weight excluding hydrogens is 408 g/mol. The highest BCUT2D eigenvalue weighted by atomic mass is 16.5. The molecule has 0 spiro atoms. The van der Waals surface area contributed by atoms with Crippen LogP contribution in [0.5, 0.6) is 0 Å². The third-order valence-electron chi connectivity index (χ3n) is 6.09. The Kier molecular flexibility index (Phi) is 17.2. The van der Waals surface area contributed by atoms with Crippen molar-refractivity contribution in [3.05, 3.63) is 0 Å². The van der Waals surface area contributed by atoms with Crippen LogP contribution in [0.25, 0.3) is 0 Å². The number of aliphatic hydroxyl groups excluding tert-OH is 1. The first-order valence-electron chi connectivity index (χ1n) is 12.7. The lowest BCUT2D eigenvalue weighted by Gasteiger charge is -2.29. The number of carboxylic acid groups (broad SMARTS) is 1. The van der Waals surface area contributed by atoms with Gasteiger partial charge < -0.3 is 14.9 Å². The number of unbranched alkanes of at least 4 members (excludes halogenated alkanes) is 8. The fourth-order valence-corrected chi connectivity index (χ4v) is 3.81. The van der Waals surface area contributed by atoms with Crippen molar-refractivity contribution in [2.75, 3.05) is 6.61 Å². The Bertz CT molecular complexity index is 528. The summed E-state index contributed by atoms with van der Waals surface area (Å²) in [4.78, 5) is 35.6. The molecular formula is C26H48O6. The van der Waals surface area contributed by atoms with Crippen LogP contribution in [0.15, 0.2) is 0 Å². The molecule has 2 atom stereocenters. The second kappa shape index (κ2) is 18.0. The number of ketones is 1. The van der Waals surface area contributed by atoms with E-state index in [9.17, 15) is 19.5 Å². The van der Waals surface area contributed by atoms with Crippen molar-refractivity contribution in [2.45, 2.75) is 130 Å². The van der Waals surface area contributed by atoms with Crippen molar-refractivity contribution >= 4 is 17.7 Å². The summed E-state index contributed by atoms with van der Waals surface area (Å²) in [6.45, 7) is 7.73. The van der Waals surface area contributed by atoms with E-state index in [1.54, 1.807) is 13.8 Å². The number of Topliss-reactive ketones (excluding diaryl/α,β-unsaturated/α-hetero) is 1. The molecule has 188 valence electrons. The van der Waals surface area contributed by atoms with Gasteiger partial charge in [-0.3, -0.25) is 14.4 Å². The number of esters is 1.